The number of nitrogens with one attached hydrogen (secondary N) is 2. The predicted octanol–water partition coefficient (Wildman–Crippen LogP) is 0.521. The highest BCUT2D eigenvalue weighted by Crippen LogP contribution is 2.16. The van der Waals surface area contributed by atoms with Crippen molar-refractivity contribution in [3.05, 3.63) is 29.3 Å². The van der Waals surface area contributed by atoms with Crippen LogP contribution in [-0.2, 0) is 4.79 Å². The molecule has 0 bridgehead atoms. The summed E-state index contributed by atoms with van der Waals surface area (Å²) in [6.07, 6.45) is -0.114. The van der Waals surface area contributed by atoms with Gasteiger partial charge in [0.15, 0.2) is 0 Å². The van der Waals surface area contributed by atoms with Gasteiger partial charge in [-0.3, -0.25) is 4.79 Å². The highest BCUT2D eigenvalue weighted by Gasteiger charge is 2.21. The molecular weight excluding hydrogens is 256 g/mol. The van der Waals surface area contributed by atoms with Gasteiger partial charge in [0.1, 0.15) is 18.5 Å². The Kier molecular flexibility index (Phi) is 4.98. The van der Waals surface area contributed by atoms with Crippen molar-refractivity contribution in [1.29, 1.82) is 0 Å². The van der Waals surface area contributed by atoms with Crippen LogP contribution in [0.4, 0.5) is 0 Å². The predicted molar refractivity (Wildman–Crippen MR) is 76.8 cm³/mol. The summed E-state index contributed by atoms with van der Waals surface area (Å²) in [6, 6.07) is 6.09. The zero-order valence-electron chi connectivity index (χ0n) is 12.0. The van der Waals surface area contributed by atoms with Crippen LogP contribution < -0.4 is 15.4 Å². The summed E-state index contributed by atoms with van der Waals surface area (Å²) in [6.45, 7) is 5.32. The van der Waals surface area contributed by atoms with E-state index in [2.05, 4.69) is 16.7 Å². The normalized spacial score (nSPS) is 19.8. The maximum Gasteiger partial charge on any atom is 0.221 e. The van der Waals surface area contributed by atoms with E-state index in [0.29, 0.717) is 19.5 Å². The van der Waals surface area contributed by atoms with Crippen LogP contribution in [0.5, 0.6) is 5.75 Å². The summed E-state index contributed by atoms with van der Waals surface area (Å²) in [5, 5.41) is 15.8. The molecule has 1 aromatic carbocycles. The van der Waals surface area contributed by atoms with E-state index in [0.717, 1.165) is 16.9 Å². The first-order valence-electron chi connectivity index (χ1n) is 6.92. The lowest BCUT2D eigenvalue weighted by Gasteiger charge is -2.16. The van der Waals surface area contributed by atoms with Gasteiger partial charge in [-0.05, 0) is 37.1 Å². The molecule has 1 aliphatic rings. The lowest BCUT2D eigenvalue weighted by molar-refractivity contribution is -0.119. The van der Waals surface area contributed by atoms with E-state index in [9.17, 15) is 9.90 Å². The minimum absolute atomic E-state index is 0.0588. The molecule has 2 rings (SSSR count). The van der Waals surface area contributed by atoms with Crippen LogP contribution in [0.25, 0.3) is 0 Å². The molecule has 0 radical (unpaired) electrons. The molecule has 1 heterocycles. The fourth-order valence-electron chi connectivity index (χ4n) is 2.32. The smallest absolute Gasteiger partial charge is 0.221 e. The minimum Gasteiger partial charge on any atom is -0.491 e. The van der Waals surface area contributed by atoms with Gasteiger partial charge in [0.25, 0.3) is 0 Å². The fraction of sp³-hybridized carbons (Fsp3) is 0.533. The molecule has 5 nitrogen and oxygen atoms in total. The first-order valence-corrected chi connectivity index (χ1v) is 6.92. The molecule has 3 N–H and O–H groups in total. The number of carbonyl (C=O) groups excluding carboxylic acids is 1. The maximum absolute atomic E-state index is 11.0. The summed E-state index contributed by atoms with van der Waals surface area (Å²) in [4.78, 5) is 11.0. The summed E-state index contributed by atoms with van der Waals surface area (Å²) in [5.41, 5.74) is 2.28. The quantitative estimate of drug-likeness (QED) is 0.709. The average molecular weight is 278 g/mol. The molecule has 1 aromatic rings. The van der Waals surface area contributed by atoms with Gasteiger partial charge in [0.05, 0.1) is 0 Å². The van der Waals surface area contributed by atoms with Crippen LogP contribution in [0.15, 0.2) is 18.2 Å². The second-order valence-electron chi connectivity index (χ2n) is 5.40. The standard InChI is InChI=1S/C15H22N2O3/c1-10-3-11(2)5-14(4-10)20-9-13(18)8-16-12-6-15(19)17-7-12/h3-5,12-13,16,18H,6-9H2,1-2H3,(H,17,19). The zero-order valence-corrected chi connectivity index (χ0v) is 12.0. The molecule has 0 saturated carbocycles. The Labute approximate surface area is 119 Å². The van der Waals surface area contributed by atoms with Gasteiger partial charge in [-0.2, -0.15) is 0 Å². The van der Waals surface area contributed by atoms with Crippen molar-refractivity contribution >= 4 is 5.91 Å². The van der Waals surface area contributed by atoms with Crippen LogP contribution in [0, 0.1) is 13.8 Å². The minimum atomic E-state index is -0.591. The third-order valence-electron chi connectivity index (χ3n) is 3.26. The number of hydrogen-bond acceptors (Lipinski definition) is 4. The number of hydrogen-bond donors (Lipinski definition) is 3. The lowest BCUT2D eigenvalue weighted by atomic mass is 10.1. The fourth-order valence-corrected chi connectivity index (χ4v) is 2.32. The first-order chi connectivity index (χ1) is 9.52. The topological polar surface area (TPSA) is 70.6 Å². The van der Waals surface area contributed by atoms with Gasteiger partial charge < -0.3 is 20.5 Å². The molecule has 1 aliphatic heterocycles. The monoisotopic (exact) mass is 278 g/mol. The van der Waals surface area contributed by atoms with Gasteiger partial charge in [-0.1, -0.05) is 6.07 Å². The number of aliphatic hydroxyl groups excluding tert-OH is 1. The summed E-state index contributed by atoms with van der Waals surface area (Å²) in [5.74, 6) is 0.836. The number of rotatable bonds is 6. The number of aliphatic hydroxyl groups is 1. The van der Waals surface area contributed by atoms with Crippen molar-refractivity contribution in [3.8, 4) is 5.75 Å². The van der Waals surface area contributed by atoms with Gasteiger partial charge >= 0.3 is 0 Å². The van der Waals surface area contributed by atoms with Gasteiger partial charge in [0.2, 0.25) is 5.91 Å². The molecule has 1 fully saturated rings. The number of amides is 1. The Morgan fingerprint density at radius 1 is 1.40 bits per heavy atom. The van der Waals surface area contributed by atoms with Crippen LogP contribution in [-0.4, -0.2) is 42.9 Å². The van der Waals surface area contributed by atoms with E-state index in [1.54, 1.807) is 0 Å². The summed E-state index contributed by atoms with van der Waals surface area (Å²) >= 11 is 0. The second kappa shape index (κ2) is 6.72. The van der Waals surface area contributed by atoms with E-state index >= 15 is 0 Å². The van der Waals surface area contributed by atoms with Crippen molar-refractivity contribution in [3.63, 3.8) is 0 Å². The number of carbonyl (C=O) groups is 1. The second-order valence-corrected chi connectivity index (χ2v) is 5.40. The summed E-state index contributed by atoms with van der Waals surface area (Å²) < 4.78 is 5.59. The third-order valence-corrected chi connectivity index (χ3v) is 3.26. The lowest BCUT2D eigenvalue weighted by Crippen LogP contribution is -2.39. The molecule has 0 aromatic heterocycles. The Hall–Kier alpha value is -1.59. The Bertz CT molecular complexity index is 456. The average Bonchev–Trinajstić information content (AvgIpc) is 2.79. The van der Waals surface area contributed by atoms with E-state index in [1.165, 1.54) is 0 Å². The van der Waals surface area contributed by atoms with E-state index < -0.39 is 6.10 Å². The first kappa shape index (κ1) is 14.8. The van der Waals surface area contributed by atoms with Crippen LogP contribution >= 0.6 is 0 Å². The van der Waals surface area contributed by atoms with Crippen molar-refractivity contribution < 1.29 is 14.6 Å². The molecule has 0 spiro atoms. The maximum atomic E-state index is 11.0. The summed E-state index contributed by atoms with van der Waals surface area (Å²) in [7, 11) is 0. The van der Waals surface area contributed by atoms with Crippen LogP contribution in [0.2, 0.25) is 0 Å². The molecule has 0 aliphatic carbocycles. The van der Waals surface area contributed by atoms with Crippen molar-refractivity contribution in [2.45, 2.75) is 32.4 Å². The van der Waals surface area contributed by atoms with Gasteiger partial charge in [0, 0.05) is 25.6 Å². The van der Waals surface area contributed by atoms with Crippen molar-refractivity contribution in [2.75, 3.05) is 19.7 Å². The Morgan fingerprint density at radius 3 is 2.70 bits per heavy atom. The molecule has 20 heavy (non-hydrogen) atoms. The largest absolute Gasteiger partial charge is 0.491 e. The highest BCUT2D eigenvalue weighted by molar-refractivity contribution is 5.78. The van der Waals surface area contributed by atoms with E-state index in [4.69, 9.17) is 4.74 Å². The number of ether oxygens (including phenoxy) is 1. The van der Waals surface area contributed by atoms with E-state index in [-0.39, 0.29) is 18.6 Å². The number of benzene rings is 1. The third kappa shape index (κ3) is 4.51. The highest BCUT2D eigenvalue weighted by atomic mass is 16.5. The van der Waals surface area contributed by atoms with Crippen LogP contribution in [0.3, 0.4) is 0 Å². The van der Waals surface area contributed by atoms with Crippen molar-refractivity contribution in [1.82, 2.24) is 10.6 Å². The molecule has 1 saturated heterocycles. The zero-order chi connectivity index (χ0) is 14.5. The molecule has 1 amide bonds. The molecule has 5 heteroatoms. The van der Waals surface area contributed by atoms with Gasteiger partial charge in [-0.25, -0.2) is 0 Å². The van der Waals surface area contributed by atoms with Crippen molar-refractivity contribution in [2.24, 2.45) is 0 Å². The molecule has 2 atom stereocenters. The Morgan fingerprint density at radius 2 is 2.10 bits per heavy atom. The SMILES string of the molecule is Cc1cc(C)cc(OCC(O)CNC2CNC(=O)C2)c1. The Balaban J connectivity index is 1.71. The molecular formula is C15H22N2O3. The van der Waals surface area contributed by atoms with Crippen LogP contribution in [0.1, 0.15) is 17.5 Å². The molecule has 110 valence electrons. The van der Waals surface area contributed by atoms with E-state index in [1.807, 2.05) is 26.0 Å². The number of aryl methyl sites for hydroxylation is 2. The van der Waals surface area contributed by atoms with Gasteiger partial charge in [-0.15, -0.1) is 0 Å². The molecule has 2 unspecified atom stereocenters.